The van der Waals surface area contributed by atoms with Gasteiger partial charge in [-0.15, -0.1) is 0 Å². The van der Waals surface area contributed by atoms with Crippen molar-refractivity contribution in [3.05, 3.63) is 34.9 Å². The fourth-order valence-corrected chi connectivity index (χ4v) is 2.61. The topological polar surface area (TPSA) is 60.4 Å². The normalized spacial score (nSPS) is 11.4. The van der Waals surface area contributed by atoms with Crippen LogP contribution < -0.4 is 0 Å². The fraction of sp³-hybridized carbons (Fsp3) is 0.364. The Morgan fingerprint density at radius 3 is 2.59 bits per heavy atom. The van der Waals surface area contributed by atoms with Crippen LogP contribution in [0.5, 0.6) is 0 Å². The highest BCUT2D eigenvalue weighted by atomic mass is 35.5. The van der Waals surface area contributed by atoms with E-state index in [0.29, 0.717) is 0 Å². The molecule has 0 saturated heterocycles. The number of Topliss-reactive ketones (excluding diaryl/α,β-unsaturated/α-hetero) is 1. The number of sulfone groups is 1. The van der Waals surface area contributed by atoms with E-state index in [0.717, 1.165) is 0 Å². The summed E-state index contributed by atoms with van der Waals surface area (Å²) in [6, 6.07) is 6.38. The van der Waals surface area contributed by atoms with Crippen LogP contribution >= 0.6 is 11.6 Å². The third kappa shape index (κ3) is 4.46. The van der Waals surface area contributed by atoms with E-state index in [1.165, 1.54) is 13.2 Å². The van der Waals surface area contributed by atoms with Crippen molar-refractivity contribution in [3.63, 3.8) is 0 Å². The van der Waals surface area contributed by atoms with Crippen molar-refractivity contribution in [1.82, 2.24) is 0 Å². The lowest BCUT2D eigenvalue weighted by Crippen LogP contribution is -2.21. The molecule has 94 valence electrons. The van der Waals surface area contributed by atoms with Gasteiger partial charge in [-0.25, -0.2) is 8.42 Å². The largest absolute Gasteiger partial charge is 0.384 e. The minimum absolute atomic E-state index is 0.0815. The summed E-state index contributed by atoms with van der Waals surface area (Å²) in [7, 11) is -2.03. The van der Waals surface area contributed by atoms with Crippen LogP contribution in [-0.4, -0.2) is 39.4 Å². The first kappa shape index (κ1) is 14.2. The van der Waals surface area contributed by atoms with Crippen LogP contribution in [0.2, 0.25) is 5.02 Å². The lowest BCUT2D eigenvalue weighted by molar-refractivity contribution is 0.102. The standard InChI is InChI=1S/C11H13ClO4S/c1-16-6-7-17(14,15)8-11(13)9-4-2-3-5-10(9)12/h2-5H,6-8H2,1H3. The van der Waals surface area contributed by atoms with Crippen molar-refractivity contribution >= 4 is 27.2 Å². The summed E-state index contributed by atoms with van der Waals surface area (Å²) in [5.74, 6) is -1.20. The molecule has 0 aliphatic rings. The summed E-state index contributed by atoms with van der Waals surface area (Å²) in [5, 5.41) is 0.263. The van der Waals surface area contributed by atoms with Crippen LogP contribution in [0, 0.1) is 0 Å². The first-order valence-corrected chi connectivity index (χ1v) is 7.13. The fourth-order valence-electron chi connectivity index (χ4n) is 1.25. The van der Waals surface area contributed by atoms with Crippen molar-refractivity contribution < 1.29 is 17.9 Å². The number of rotatable bonds is 6. The highest BCUT2D eigenvalue weighted by Crippen LogP contribution is 2.16. The predicted molar refractivity (Wildman–Crippen MR) is 66.3 cm³/mol. The van der Waals surface area contributed by atoms with Crippen molar-refractivity contribution in [2.45, 2.75) is 0 Å². The van der Waals surface area contributed by atoms with Crippen molar-refractivity contribution in [2.24, 2.45) is 0 Å². The Kier molecular flexibility index (Phi) is 5.11. The summed E-state index contributed by atoms with van der Waals surface area (Å²) in [6.07, 6.45) is 0. The summed E-state index contributed by atoms with van der Waals surface area (Å²) < 4.78 is 27.8. The molecule has 0 heterocycles. The number of carbonyl (C=O) groups excluding carboxylic acids is 1. The molecule has 4 nitrogen and oxygen atoms in total. The molecule has 0 aliphatic carbocycles. The average molecular weight is 277 g/mol. The quantitative estimate of drug-likeness (QED) is 0.740. The zero-order valence-corrected chi connectivity index (χ0v) is 10.9. The molecule has 1 aromatic carbocycles. The smallest absolute Gasteiger partial charge is 0.179 e. The molecule has 0 saturated carbocycles. The molecule has 0 aromatic heterocycles. The van der Waals surface area contributed by atoms with Crippen LogP contribution in [0.4, 0.5) is 0 Å². The summed E-state index contributed by atoms with van der Waals surface area (Å²) in [6.45, 7) is 0.0815. The molecule has 0 fully saturated rings. The number of ketones is 1. The molecular weight excluding hydrogens is 264 g/mol. The van der Waals surface area contributed by atoms with Gasteiger partial charge >= 0.3 is 0 Å². The van der Waals surface area contributed by atoms with Gasteiger partial charge in [0.15, 0.2) is 15.6 Å². The van der Waals surface area contributed by atoms with Gasteiger partial charge in [0.2, 0.25) is 0 Å². The van der Waals surface area contributed by atoms with Crippen molar-refractivity contribution in [3.8, 4) is 0 Å². The molecule has 0 spiro atoms. The van der Waals surface area contributed by atoms with E-state index >= 15 is 0 Å². The van der Waals surface area contributed by atoms with Gasteiger partial charge in [-0.1, -0.05) is 23.7 Å². The van der Waals surface area contributed by atoms with E-state index in [4.69, 9.17) is 11.6 Å². The summed E-state index contributed by atoms with van der Waals surface area (Å²) >= 11 is 5.81. The summed E-state index contributed by atoms with van der Waals surface area (Å²) in [5.41, 5.74) is 0.232. The second-order valence-corrected chi connectivity index (χ2v) is 6.08. The second-order valence-electron chi connectivity index (χ2n) is 3.49. The maximum Gasteiger partial charge on any atom is 0.179 e. The van der Waals surface area contributed by atoms with Crippen molar-refractivity contribution in [2.75, 3.05) is 25.2 Å². The van der Waals surface area contributed by atoms with Crippen LogP contribution in [0.3, 0.4) is 0 Å². The molecule has 6 heteroatoms. The third-order valence-electron chi connectivity index (χ3n) is 2.12. The predicted octanol–water partition coefficient (Wildman–Crippen LogP) is 1.58. The molecular formula is C11H13ClO4S. The Balaban J connectivity index is 2.77. The number of carbonyl (C=O) groups is 1. The Labute approximate surface area is 105 Å². The number of ether oxygens (including phenoxy) is 1. The van der Waals surface area contributed by atoms with E-state index in [2.05, 4.69) is 4.74 Å². The molecule has 0 aliphatic heterocycles. The Hall–Kier alpha value is -0.910. The Morgan fingerprint density at radius 1 is 1.35 bits per heavy atom. The second kappa shape index (κ2) is 6.14. The molecule has 17 heavy (non-hydrogen) atoms. The summed E-state index contributed by atoms with van der Waals surface area (Å²) in [4.78, 5) is 11.7. The van der Waals surface area contributed by atoms with Gasteiger partial charge < -0.3 is 4.74 Å². The molecule has 0 unspecified atom stereocenters. The zero-order valence-electron chi connectivity index (χ0n) is 9.35. The van der Waals surface area contributed by atoms with E-state index in [-0.39, 0.29) is 22.9 Å². The maximum atomic E-state index is 11.7. The number of methoxy groups -OCH3 is 1. The van der Waals surface area contributed by atoms with E-state index < -0.39 is 21.4 Å². The monoisotopic (exact) mass is 276 g/mol. The molecule has 1 aromatic rings. The SMILES string of the molecule is COCCS(=O)(=O)CC(=O)c1ccccc1Cl. The first-order valence-electron chi connectivity index (χ1n) is 4.93. The molecule has 1 rings (SSSR count). The minimum atomic E-state index is -3.44. The first-order chi connectivity index (χ1) is 7.96. The van der Waals surface area contributed by atoms with Gasteiger partial charge in [-0.2, -0.15) is 0 Å². The number of halogens is 1. The van der Waals surface area contributed by atoms with E-state index in [1.54, 1.807) is 18.2 Å². The van der Waals surface area contributed by atoms with Gasteiger partial charge in [0.05, 0.1) is 17.4 Å². The van der Waals surface area contributed by atoms with E-state index in [1.807, 2.05) is 0 Å². The lowest BCUT2D eigenvalue weighted by Gasteiger charge is -2.04. The van der Waals surface area contributed by atoms with Crippen LogP contribution in [0.1, 0.15) is 10.4 Å². The molecule has 0 atom stereocenters. The van der Waals surface area contributed by atoms with Crippen LogP contribution in [0.15, 0.2) is 24.3 Å². The number of hydrogen-bond acceptors (Lipinski definition) is 4. The minimum Gasteiger partial charge on any atom is -0.384 e. The van der Waals surface area contributed by atoms with Crippen LogP contribution in [-0.2, 0) is 14.6 Å². The molecule has 0 N–H and O–H groups in total. The third-order valence-corrected chi connectivity index (χ3v) is 3.94. The van der Waals surface area contributed by atoms with Gasteiger partial charge in [0, 0.05) is 12.7 Å². The molecule has 0 bridgehead atoms. The molecule has 0 radical (unpaired) electrons. The number of benzene rings is 1. The highest BCUT2D eigenvalue weighted by Gasteiger charge is 2.19. The van der Waals surface area contributed by atoms with Gasteiger partial charge in [0.25, 0.3) is 0 Å². The highest BCUT2D eigenvalue weighted by molar-refractivity contribution is 7.92. The Bertz CT molecular complexity index is 496. The van der Waals surface area contributed by atoms with Gasteiger partial charge in [0.1, 0.15) is 5.75 Å². The maximum absolute atomic E-state index is 11.7. The Morgan fingerprint density at radius 2 is 2.00 bits per heavy atom. The number of hydrogen-bond donors (Lipinski definition) is 0. The van der Waals surface area contributed by atoms with E-state index in [9.17, 15) is 13.2 Å². The van der Waals surface area contributed by atoms with Crippen molar-refractivity contribution in [1.29, 1.82) is 0 Å². The zero-order chi connectivity index (χ0) is 12.9. The molecule has 0 amide bonds. The average Bonchev–Trinajstić information content (AvgIpc) is 2.26. The van der Waals surface area contributed by atoms with Crippen LogP contribution in [0.25, 0.3) is 0 Å². The lowest BCUT2D eigenvalue weighted by atomic mass is 10.1. The van der Waals surface area contributed by atoms with Gasteiger partial charge in [-0.3, -0.25) is 4.79 Å². The van der Waals surface area contributed by atoms with Gasteiger partial charge in [-0.05, 0) is 12.1 Å².